The van der Waals surface area contributed by atoms with Crippen LogP contribution in [0.3, 0.4) is 0 Å². The van der Waals surface area contributed by atoms with Gasteiger partial charge in [0.1, 0.15) is 11.5 Å². The third kappa shape index (κ3) is 5.76. The van der Waals surface area contributed by atoms with Crippen LogP contribution in [0, 0.1) is 0 Å². The Labute approximate surface area is 359 Å². The maximum absolute atomic E-state index is 6.74. The number of ether oxygens (including phenoxy) is 1. The third-order valence-electron chi connectivity index (χ3n) is 12.1. The van der Waals surface area contributed by atoms with Gasteiger partial charge in [-0.05, 0) is 100 Å². The second-order valence-electron chi connectivity index (χ2n) is 15.6. The van der Waals surface area contributed by atoms with Crippen LogP contribution < -0.4 is 4.74 Å². The molecule has 0 saturated carbocycles. The largest absolute Gasteiger partial charge is 0.457 e. The normalized spacial score (nSPS) is 12.8. The van der Waals surface area contributed by atoms with Crippen molar-refractivity contribution < 1.29 is 4.74 Å². The van der Waals surface area contributed by atoms with Gasteiger partial charge in [-0.2, -0.15) is 0 Å². The summed E-state index contributed by atoms with van der Waals surface area (Å²) in [5.74, 6) is 2.35. The van der Waals surface area contributed by atoms with E-state index in [4.69, 9.17) is 29.7 Å². The van der Waals surface area contributed by atoms with Gasteiger partial charge >= 0.3 is 0 Å². The molecular weight excluding hydrogens is 759 g/mol. The van der Waals surface area contributed by atoms with Gasteiger partial charge in [0.15, 0.2) is 5.82 Å². The molecule has 1 spiro atoms. The lowest BCUT2D eigenvalue weighted by Crippen LogP contribution is -2.32. The molecule has 0 unspecified atom stereocenters. The highest BCUT2D eigenvalue weighted by Crippen LogP contribution is 2.63. The van der Waals surface area contributed by atoms with Crippen molar-refractivity contribution >= 4 is 0 Å². The number of benzene rings is 6. The Balaban J connectivity index is 1.11. The van der Waals surface area contributed by atoms with E-state index in [2.05, 4.69) is 140 Å². The van der Waals surface area contributed by atoms with Gasteiger partial charge < -0.3 is 4.74 Å². The van der Waals surface area contributed by atoms with Crippen LogP contribution in [0.15, 0.2) is 213 Å². The first-order valence-electron chi connectivity index (χ1n) is 20.7. The monoisotopic (exact) mass is 793 g/mol. The molecule has 12 rings (SSSR count). The minimum absolute atomic E-state index is 0.680. The van der Waals surface area contributed by atoms with Crippen molar-refractivity contribution in [2.24, 2.45) is 0 Å². The summed E-state index contributed by atoms with van der Waals surface area (Å²) in [6.45, 7) is 0. The van der Waals surface area contributed by atoms with Gasteiger partial charge in [-0.1, -0.05) is 133 Å². The second kappa shape index (κ2) is 14.4. The number of para-hydroxylation sites is 2. The first kappa shape index (κ1) is 35.6. The molecule has 0 bridgehead atoms. The molecular formula is C56H35N5O. The fraction of sp³-hybridized carbons (Fsp3) is 0.0179. The number of rotatable bonds is 6. The fourth-order valence-electron chi connectivity index (χ4n) is 9.29. The van der Waals surface area contributed by atoms with Crippen LogP contribution in [0.1, 0.15) is 22.3 Å². The highest BCUT2D eigenvalue weighted by molar-refractivity contribution is 5.92. The zero-order valence-electron chi connectivity index (χ0n) is 33.4. The van der Waals surface area contributed by atoms with E-state index in [0.29, 0.717) is 5.82 Å². The summed E-state index contributed by atoms with van der Waals surface area (Å²) in [7, 11) is 0. The average Bonchev–Trinajstić information content (AvgIpc) is 3.64. The van der Waals surface area contributed by atoms with Gasteiger partial charge in [0.25, 0.3) is 0 Å². The van der Waals surface area contributed by atoms with Crippen molar-refractivity contribution in [1.29, 1.82) is 0 Å². The Hall–Kier alpha value is -8.35. The Morgan fingerprint density at radius 3 is 1.39 bits per heavy atom. The predicted molar refractivity (Wildman–Crippen MR) is 245 cm³/mol. The summed E-state index contributed by atoms with van der Waals surface area (Å²) in [4.78, 5) is 24.8. The first-order chi connectivity index (χ1) is 30.7. The van der Waals surface area contributed by atoms with E-state index in [1.807, 2.05) is 60.7 Å². The van der Waals surface area contributed by atoms with E-state index in [1.54, 1.807) is 12.4 Å². The molecule has 10 aromatic rings. The molecule has 62 heavy (non-hydrogen) atoms. The Bertz CT molecular complexity index is 2980. The maximum atomic E-state index is 6.74. The average molecular weight is 794 g/mol. The minimum Gasteiger partial charge on any atom is -0.457 e. The molecule has 4 aromatic heterocycles. The lowest BCUT2D eigenvalue weighted by atomic mass is 9.65. The van der Waals surface area contributed by atoms with E-state index < -0.39 is 5.41 Å². The van der Waals surface area contributed by atoms with E-state index >= 15 is 0 Å². The molecule has 0 radical (unpaired) electrons. The molecule has 0 N–H and O–H groups in total. The van der Waals surface area contributed by atoms with Crippen molar-refractivity contribution in [2.45, 2.75) is 5.41 Å². The lowest BCUT2D eigenvalue weighted by Gasteiger charge is -2.39. The zero-order valence-corrected chi connectivity index (χ0v) is 33.4. The van der Waals surface area contributed by atoms with Crippen LogP contribution in [-0.4, -0.2) is 24.9 Å². The highest BCUT2D eigenvalue weighted by Gasteiger charge is 2.51. The topological polar surface area (TPSA) is 73.7 Å². The molecule has 0 atom stereocenters. The minimum atomic E-state index is -0.722. The van der Waals surface area contributed by atoms with Gasteiger partial charge in [-0.15, -0.1) is 0 Å². The van der Waals surface area contributed by atoms with Crippen molar-refractivity contribution in [3.8, 4) is 90.4 Å². The van der Waals surface area contributed by atoms with E-state index in [0.717, 1.165) is 84.6 Å². The molecule has 0 amide bonds. The van der Waals surface area contributed by atoms with Crippen LogP contribution in [0.5, 0.6) is 11.5 Å². The summed E-state index contributed by atoms with van der Waals surface area (Å²) in [5.41, 5.74) is 16.1. The number of nitrogens with zero attached hydrogens (tertiary/aromatic N) is 5. The molecule has 0 fully saturated rings. The predicted octanol–water partition coefficient (Wildman–Crippen LogP) is 13.1. The summed E-state index contributed by atoms with van der Waals surface area (Å²) < 4.78 is 6.74. The van der Waals surface area contributed by atoms with E-state index in [9.17, 15) is 0 Å². The maximum Gasteiger partial charge on any atom is 0.160 e. The molecule has 1 aliphatic heterocycles. The van der Waals surface area contributed by atoms with Gasteiger partial charge in [0, 0.05) is 40.2 Å². The number of hydrogen-bond acceptors (Lipinski definition) is 6. The van der Waals surface area contributed by atoms with Crippen LogP contribution >= 0.6 is 0 Å². The molecule has 1 aliphatic carbocycles. The van der Waals surface area contributed by atoms with Crippen molar-refractivity contribution in [2.75, 3.05) is 0 Å². The van der Waals surface area contributed by atoms with Crippen LogP contribution in [0.4, 0.5) is 0 Å². The second-order valence-corrected chi connectivity index (χ2v) is 15.6. The Morgan fingerprint density at radius 2 is 0.806 bits per heavy atom. The van der Waals surface area contributed by atoms with Crippen LogP contribution in [0.2, 0.25) is 0 Å². The lowest BCUT2D eigenvalue weighted by molar-refractivity contribution is 0.436. The summed E-state index contributed by atoms with van der Waals surface area (Å²) in [6.07, 6.45) is 3.61. The summed E-state index contributed by atoms with van der Waals surface area (Å²) in [6, 6.07) is 69.5. The van der Waals surface area contributed by atoms with Crippen molar-refractivity contribution in [1.82, 2.24) is 24.9 Å². The quantitative estimate of drug-likeness (QED) is 0.167. The molecule has 0 saturated heterocycles. The van der Waals surface area contributed by atoms with E-state index in [1.165, 1.54) is 22.3 Å². The smallest absolute Gasteiger partial charge is 0.160 e. The van der Waals surface area contributed by atoms with Crippen molar-refractivity contribution in [3.05, 3.63) is 235 Å². The van der Waals surface area contributed by atoms with Crippen LogP contribution in [0.25, 0.3) is 78.9 Å². The number of aromatic nitrogens is 5. The third-order valence-corrected chi connectivity index (χ3v) is 12.1. The fourth-order valence-corrected chi connectivity index (χ4v) is 9.29. The Morgan fingerprint density at radius 1 is 0.306 bits per heavy atom. The molecule has 6 nitrogen and oxygen atoms in total. The summed E-state index contributed by atoms with van der Waals surface area (Å²) >= 11 is 0. The molecule has 6 heteroatoms. The van der Waals surface area contributed by atoms with Gasteiger partial charge in [-0.25, -0.2) is 15.0 Å². The van der Waals surface area contributed by atoms with Crippen molar-refractivity contribution in [3.63, 3.8) is 0 Å². The molecule has 5 heterocycles. The van der Waals surface area contributed by atoms with E-state index in [-0.39, 0.29) is 0 Å². The van der Waals surface area contributed by atoms with Gasteiger partial charge in [0.05, 0.1) is 39.6 Å². The zero-order chi connectivity index (χ0) is 41.0. The first-order valence-corrected chi connectivity index (χ1v) is 20.7. The molecule has 290 valence electrons. The molecule has 6 aromatic carbocycles. The molecule has 2 aliphatic rings. The highest BCUT2D eigenvalue weighted by atomic mass is 16.5. The van der Waals surface area contributed by atoms with Crippen LogP contribution in [-0.2, 0) is 5.41 Å². The van der Waals surface area contributed by atoms with Gasteiger partial charge in [0.2, 0.25) is 0 Å². The SMILES string of the molecule is c1ccc(-c2cc(-c3ccc4c(c3)C3(c5ccccc5Oc5ccccc53)c3cc(-c5cc(-c6ccccn6)nc(-c6ccccn6)c5)ccc3-4)nc(-c3ccccc3)n2)cc1. The summed E-state index contributed by atoms with van der Waals surface area (Å²) in [5, 5.41) is 0. The Kier molecular flexibility index (Phi) is 8.28. The number of pyridine rings is 3. The number of hydrogen-bond donors (Lipinski definition) is 0. The van der Waals surface area contributed by atoms with Gasteiger partial charge in [-0.3, -0.25) is 9.97 Å². The standard InChI is InChI=1S/C56H35N5O/c1-3-15-36(16-4-1)49-35-50(61-55(60-49)37-17-5-2-6-18-37)39-26-28-42-41-27-25-38(40-33-51(47-21-11-13-29-57-47)59-52(34-40)48-22-12-14-30-58-48)31-45(41)56(46(42)32-39)43-19-7-9-23-53(43)62-54-24-10-8-20-44(54)56/h1-35H. The number of fused-ring (bicyclic) bond motifs is 9.